The number of carbonyl (C=O) groups is 2. The van der Waals surface area contributed by atoms with Crippen LogP contribution in [-0.4, -0.2) is 23.0 Å². The van der Waals surface area contributed by atoms with Crippen LogP contribution in [0.15, 0.2) is 22.7 Å². The van der Waals surface area contributed by atoms with Gasteiger partial charge in [0.25, 0.3) is 5.91 Å². The Morgan fingerprint density at radius 3 is 2.72 bits per heavy atom. The molecular formula is C12H13BrFNO3. The molecule has 1 aromatic rings. The highest BCUT2D eigenvalue weighted by atomic mass is 79.9. The maximum atomic E-state index is 13.0. The van der Waals surface area contributed by atoms with Crippen LogP contribution in [0.1, 0.15) is 30.1 Å². The average Bonchev–Trinajstić information content (AvgIpc) is 2.31. The zero-order chi connectivity index (χ0) is 13.7. The van der Waals surface area contributed by atoms with Crippen molar-refractivity contribution in [2.45, 2.75) is 25.8 Å². The number of benzene rings is 1. The number of hydrogen-bond acceptors (Lipinski definition) is 2. The second-order valence-electron chi connectivity index (χ2n) is 3.78. The number of halogens is 2. The first-order valence-electron chi connectivity index (χ1n) is 5.44. The number of hydrogen-bond donors (Lipinski definition) is 2. The normalized spacial score (nSPS) is 11.9. The summed E-state index contributed by atoms with van der Waals surface area (Å²) in [6.07, 6.45) is 0.954. The van der Waals surface area contributed by atoms with Crippen molar-refractivity contribution < 1.29 is 19.1 Å². The Hall–Kier alpha value is -1.43. The smallest absolute Gasteiger partial charge is 0.326 e. The molecule has 0 heterocycles. The van der Waals surface area contributed by atoms with E-state index in [1.807, 2.05) is 6.92 Å². The van der Waals surface area contributed by atoms with E-state index in [4.69, 9.17) is 5.11 Å². The summed E-state index contributed by atoms with van der Waals surface area (Å²) < 4.78 is 13.5. The molecule has 0 aromatic heterocycles. The highest BCUT2D eigenvalue weighted by Crippen LogP contribution is 2.18. The first-order valence-corrected chi connectivity index (χ1v) is 6.23. The molecule has 1 rings (SSSR count). The first-order chi connectivity index (χ1) is 8.45. The summed E-state index contributed by atoms with van der Waals surface area (Å²) in [6, 6.07) is 2.71. The van der Waals surface area contributed by atoms with Gasteiger partial charge in [-0.25, -0.2) is 9.18 Å². The number of nitrogens with one attached hydrogen (secondary N) is 1. The SMILES string of the molecule is CCCC(NC(=O)c1cc(F)ccc1Br)C(=O)O. The van der Waals surface area contributed by atoms with Gasteiger partial charge in [-0.1, -0.05) is 13.3 Å². The van der Waals surface area contributed by atoms with E-state index in [-0.39, 0.29) is 5.56 Å². The van der Waals surface area contributed by atoms with E-state index >= 15 is 0 Å². The third-order valence-electron chi connectivity index (χ3n) is 2.35. The van der Waals surface area contributed by atoms with Crippen LogP contribution < -0.4 is 5.32 Å². The predicted octanol–water partition coefficient (Wildman–Crippen LogP) is 2.57. The third-order valence-corrected chi connectivity index (χ3v) is 3.05. The molecule has 1 amide bonds. The van der Waals surface area contributed by atoms with E-state index in [9.17, 15) is 14.0 Å². The lowest BCUT2D eigenvalue weighted by atomic mass is 10.1. The summed E-state index contributed by atoms with van der Waals surface area (Å²) in [5.74, 6) is -2.26. The molecule has 6 heteroatoms. The Bertz CT molecular complexity index is 465. The van der Waals surface area contributed by atoms with Gasteiger partial charge < -0.3 is 10.4 Å². The van der Waals surface area contributed by atoms with Crippen LogP contribution in [0.25, 0.3) is 0 Å². The lowest BCUT2D eigenvalue weighted by molar-refractivity contribution is -0.139. The van der Waals surface area contributed by atoms with Crippen LogP contribution >= 0.6 is 15.9 Å². The van der Waals surface area contributed by atoms with Gasteiger partial charge >= 0.3 is 5.97 Å². The van der Waals surface area contributed by atoms with Gasteiger partial charge in [0, 0.05) is 4.47 Å². The predicted molar refractivity (Wildman–Crippen MR) is 67.9 cm³/mol. The van der Waals surface area contributed by atoms with Gasteiger partial charge in [0.05, 0.1) is 5.56 Å². The Kier molecular flexibility index (Phi) is 5.27. The fourth-order valence-corrected chi connectivity index (χ4v) is 1.88. The standard InChI is InChI=1S/C12H13BrFNO3/c1-2-3-10(12(17)18)15-11(16)8-6-7(14)4-5-9(8)13/h4-6,10H,2-3H2,1H3,(H,15,16)(H,17,18). The van der Waals surface area contributed by atoms with E-state index in [0.29, 0.717) is 17.3 Å². The van der Waals surface area contributed by atoms with Crippen LogP contribution in [0.5, 0.6) is 0 Å². The average molecular weight is 318 g/mol. The van der Waals surface area contributed by atoms with Crippen LogP contribution in [0.4, 0.5) is 4.39 Å². The fourth-order valence-electron chi connectivity index (χ4n) is 1.45. The van der Waals surface area contributed by atoms with Gasteiger partial charge in [-0.05, 0) is 40.5 Å². The summed E-state index contributed by atoms with van der Waals surface area (Å²) in [6.45, 7) is 1.82. The molecular weight excluding hydrogens is 305 g/mol. The summed E-state index contributed by atoms with van der Waals surface area (Å²) in [7, 11) is 0. The van der Waals surface area contributed by atoms with Crippen LogP contribution in [-0.2, 0) is 4.79 Å². The lowest BCUT2D eigenvalue weighted by Gasteiger charge is -2.14. The summed E-state index contributed by atoms with van der Waals surface area (Å²) in [4.78, 5) is 22.7. The van der Waals surface area contributed by atoms with Gasteiger partial charge in [-0.3, -0.25) is 4.79 Å². The van der Waals surface area contributed by atoms with E-state index in [1.165, 1.54) is 12.1 Å². The third kappa shape index (κ3) is 3.80. The summed E-state index contributed by atoms with van der Waals surface area (Å²) in [5, 5.41) is 11.3. The molecule has 1 atom stereocenters. The number of carbonyl (C=O) groups excluding carboxylic acids is 1. The van der Waals surface area contributed by atoms with Crippen LogP contribution in [0, 0.1) is 5.82 Å². The van der Waals surface area contributed by atoms with Crippen molar-refractivity contribution in [3.63, 3.8) is 0 Å². The van der Waals surface area contributed by atoms with Crippen molar-refractivity contribution in [3.05, 3.63) is 34.1 Å². The van der Waals surface area contributed by atoms with Crippen molar-refractivity contribution in [1.29, 1.82) is 0 Å². The maximum absolute atomic E-state index is 13.0. The second-order valence-corrected chi connectivity index (χ2v) is 4.63. The van der Waals surface area contributed by atoms with Crippen molar-refractivity contribution in [2.75, 3.05) is 0 Å². The van der Waals surface area contributed by atoms with Gasteiger partial charge in [-0.15, -0.1) is 0 Å². The van der Waals surface area contributed by atoms with Gasteiger partial charge in [-0.2, -0.15) is 0 Å². The monoisotopic (exact) mass is 317 g/mol. The van der Waals surface area contributed by atoms with E-state index in [2.05, 4.69) is 21.2 Å². The minimum atomic E-state index is -1.10. The minimum Gasteiger partial charge on any atom is -0.480 e. The Morgan fingerprint density at radius 2 is 2.17 bits per heavy atom. The molecule has 0 aliphatic heterocycles. The molecule has 18 heavy (non-hydrogen) atoms. The molecule has 0 fully saturated rings. The van der Waals surface area contributed by atoms with Crippen molar-refractivity contribution in [3.8, 4) is 0 Å². The van der Waals surface area contributed by atoms with Crippen molar-refractivity contribution in [2.24, 2.45) is 0 Å². The Balaban J connectivity index is 2.86. The van der Waals surface area contributed by atoms with Crippen molar-refractivity contribution in [1.82, 2.24) is 5.32 Å². The summed E-state index contributed by atoms with van der Waals surface area (Å²) >= 11 is 3.12. The second kappa shape index (κ2) is 6.49. The fraction of sp³-hybridized carbons (Fsp3) is 0.333. The molecule has 0 bridgehead atoms. The van der Waals surface area contributed by atoms with E-state index in [1.54, 1.807) is 0 Å². The Labute approximate surface area is 112 Å². The molecule has 2 N–H and O–H groups in total. The molecule has 0 saturated heterocycles. The lowest BCUT2D eigenvalue weighted by Crippen LogP contribution is -2.40. The number of carboxylic acid groups (broad SMARTS) is 1. The molecule has 4 nitrogen and oxygen atoms in total. The molecule has 0 radical (unpaired) electrons. The number of aliphatic carboxylic acids is 1. The largest absolute Gasteiger partial charge is 0.480 e. The molecule has 98 valence electrons. The molecule has 0 spiro atoms. The zero-order valence-corrected chi connectivity index (χ0v) is 11.3. The minimum absolute atomic E-state index is 0.0809. The van der Waals surface area contributed by atoms with Gasteiger partial charge in [0.15, 0.2) is 0 Å². The zero-order valence-electron chi connectivity index (χ0n) is 9.74. The van der Waals surface area contributed by atoms with Crippen LogP contribution in [0.2, 0.25) is 0 Å². The first kappa shape index (κ1) is 14.6. The van der Waals surface area contributed by atoms with Crippen molar-refractivity contribution >= 4 is 27.8 Å². The van der Waals surface area contributed by atoms with E-state index in [0.717, 1.165) is 6.07 Å². The quantitative estimate of drug-likeness (QED) is 0.877. The molecule has 1 aromatic carbocycles. The number of rotatable bonds is 5. The highest BCUT2D eigenvalue weighted by molar-refractivity contribution is 9.10. The highest BCUT2D eigenvalue weighted by Gasteiger charge is 2.21. The topological polar surface area (TPSA) is 66.4 Å². The Morgan fingerprint density at radius 1 is 1.50 bits per heavy atom. The number of carboxylic acids is 1. The summed E-state index contributed by atoms with van der Waals surface area (Å²) in [5.41, 5.74) is 0.0809. The van der Waals surface area contributed by atoms with E-state index < -0.39 is 23.7 Å². The molecule has 0 aliphatic rings. The maximum Gasteiger partial charge on any atom is 0.326 e. The molecule has 0 saturated carbocycles. The van der Waals surface area contributed by atoms with Gasteiger partial charge in [0.2, 0.25) is 0 Å². The molecule has 0 aliphatic carbocycles. The van der Waals surface area contributed by atoms with Crippen LogP contribution in [0.3, 0.4) is 0 Å². The number of amides is 1. The molecule has 1 unspecified atom stereocenters. The van der Waals surface area contributed by atoms with Gasteiger partial charge in [0.1, 0.15) is 11.9 Å².